The van der Waals surface area contributed by atoms with E-state index in [9.17, 15) is 13.6 Å². The molecule has 0 N–H and O–H groups in total. The van der Waals surface area contributed by atoms with Gasteiger partial charge in [-0.2, -0.15) is 0 Å². The van der Waals surface area contributed by atoms with E-state index in [4.69, 9.17) is 9.15 Å². The highest BCUT2D eigenvalue weighted by Crippen LogP contribution is 2.34. The molecule has 0 spiro atoms. The van der Waals surface area contributed by atoms with Crippen LogP contribution >= 0.6 is 11.3 Å². The van der Waals surface area contributed by atoms with E-state index in [0.29, 0.717) is 35.6 Å². The molecule has 1 fully saturated rings. The van der Waals surface area contributed by atoms with E-state index in [1.165, 1.54) is 35.5 Å². The lowest BCUT2D eigenvalue weighted by Gasteiger charge is -2.30. The minimum Gasteiger partial charge on any atom is -0.464 e. The van der Waals surface area contributed by atoms with Crippen LogP contribution in [0.2, 0.25) is 0 Å². The Morgan fingerprint density at radius 2 is 1.97 bits per heavy atom. The molecule has 3 heterocycles. The zero-order valence-electron chi connectivity index (χ0n) is 20.2. The van der Waals surface area contributed by atoms with Crippen LogP contribution in [0.25, 0.3) is 0 Å². The molecule has 0 atom stereocenters. The van der Waals surface area contributed by atoms with Crippen LogP contribution in [0.5, 0.6) is 5.19 Å². The number of alkyl halides is 2. The van der Waals surface area contributed by atoms with Crippen LogP contribution in [0.15, 0.2) is 10.6 Å². The summed E-state index contributed by atoms with van der Waals surface area (Å²) in [6.07, 6.45) is 10.3. The SMILES string of the molecule is Cc1ncc(CC(=O)CC2CCC(CCN3CCc4nc(OCC(C)(F)F)sc4CC3)CC2)o1. The van der Waals surface area contributed by atoms with Crippen LogP contribution < -0.4 is 4.74 Å². The van der Waals surface area contributed by atoms with Crippen LogP contribution in [0.3, 0.4) is 0 Å². The highest BCUT2D eigenvalue weighted by Gasteiger charge is 2.26. The van der Waals surface area contributed by atoms with Crippen molar-refractivity contribution >= 4 is 17.1 Å². The molecular formula is C25H35F2N3O3S. The van der Waals surface area contributed by atoms with Crippen molar-refractivity contribution in [2.24, 2.45) is 11.8 Å². The van der Waals surface area contributed by atoms with Gasteiger partial charge < -0.3 is 14.1 Å². The molecule has 188 valence electrons. The maximum absolute atomic E-state index is 13.0. The van der Waals surface area contributed by atoms with Crippen molar-refractivity contribution in [1.82, 2.24) is 14.9 Å². The minimum absolute atomic E-state index is 0.252. The third-order valence-electron chi connectivity index (χ3n) is 6.90. The van der Waals surface area contributed by atoms with Gasteiger partial charge in [-0.1, -0.05) is 24.2 Å². The maximum atomic E-state index is 13.0. The summed E-state index contributed by atoms with van der Waals surface area (Å²) < 4.78 is 36.7. The first kappa shape index (κ1) is 25.2. The molecule has 1 aliphatic carbocycles. The lowest BCUT2D eigenvalue weighted by Crippen LogP contribution is -2.30. The summed E-state index contributed by atoms with van der Waals surface area (Å²) in [7, 11) is 0. The second-order valence-corrected chi connectivity index (χ2v) is 11.0. The first-order chi connectivity index (χ1) is 16.2. The van der Waals surface area contributed by atoms with E-state index in [0.717, 1.165) is 63.9 Å². The van der Waals surface area contributed by atoms with Gasteiger partial charge in [0.25, 0.3) is 11.1 Å². The Labute approximate surface area is 204 Å². The number of Topliss-reactive ketones (excluding diaryl/α,β-unsaturated/α-hetero) is 1. The molecule has 0 aromatic carbocycles. The van der Waals surface area contributed by atoms with Crippen LogP contribution in [-0.2, 0) is 24.1 Å². The number of aryl methyl sites for hydroxylation is 1. The van der Waals surface area contributed by atoms with E-state index in [-0.39, 0.29) is 5.78 Å². The second-order valence-electron chi connectivity index (χ2n) is 9.99. The summed E-state index contributed by atoms with van der Waals surface area (Å²) in [5.41, 5.74) is 1.01. The summed E-state index contributed by atoms with van der Waals surface area (Å²) in [5, 5.41) is 0.367. The smallest absolute Gasteiger partial charge is 0.278 e. The van der Waals surface area contributed by atoms with Crippen molar-refractivity contribution in [3.63, 3.8) is 0 Å². The number of halogens is 2. The largest absolute Gasteiger partial charge is 0.464 e. The number of fused-ring (bicyclic) bond motifs is 1. The Morgan fingerprint density at radius 1 is 1.24 bits per heavy atom. The molecule has 1 saturated carbocycles. The predicted molar refractivity (Wildman–Crippen MR) is 127 cm³/mol. The molecule has 2 aromatic heterocycles. The third-order valence-corrected chi connectivity index (χ3v) is 7.97. The van der Waals surface area contributed by atoms with Crippen LogP contribution in [0.4, 0.5) is 8.78 Å². The number of hydrogen-bond donors (Lipinski definition) is 0. The average molecular weight is 496 g/mol. The van der Waals surface area contributed by atoms with Crippen molar-refractivity contribution in [2.45, 2.75) is 77.6 Å². The summed E-state index contributed by atoms with van der Waals surface area (Å²) in [6.45, 7) is 5.04. The lowest BCUT2D eigenvalue weighted by molar-refractivity contribution is -0.119. The van der Waals surface area contributed by atoms with Gasteiger partial charge in [0.2, 0.25) is 0 Å². The number of carbonyl (C=O) groups is 1. The number of ketones is 1. The van der Waals surface area contributed by atoms with Gasteiger partial charge in [-0.05, 0) is 44.1 Å². The fraction of sp³-hybridized carbons (Fsp3) is 0.720. The minimum atomic E-state index is -2.84. The number of nitrogens with zero attached hydrogens (tertiary/aromatic N) is 3. The van der Waals surface area contributed by atoms with Gasteiger partial charge in [0.15, 0.2) is 12.5 Å². The number of rotatable bonds is 10. The fourth-order valence-corrected chi connectivity index (χ4v) is 5.97. The first-order valence-electron chi connectivity index (χ1n) is 12.4. The molecule has 6 nitrogen and oxygen atoms in total. The number of carbonyl (C=O) groups excluding carboxylic acids is 1. The molecule has 9 heteroatoms. The number of oxazole rings is 1. The molecule has 2 aliphatic rings. The Hall–Kier alpha value is -1.87. The number of hydrogen-bond acceptors (Lipinski definition) is 7. The number of aromatic nitrogens is 2. The zero-order chi connectivity index (χ0) is 24.1. The quantitative estimate of drug-likeness (QED) is 0.447. The van der Waals surface area contributed by atoms with E-state index in [2.05, 4.69) is 14.9 Å². The highest BCUT2D eigenvalue weighted by atomic mass is 32.1. The third kappa shape index (κ3) is 7.57. The number of thiazole rings is 1. The summed E-state index contributed by atoms with van der Waals surface area (Å²) in [4.78, 5) is 24.6. The Kier molecular flexibility index (Phi) is 8.34. The van der Waals surface area contributed by atoms with E-state index in [1.54, 1.807) is 13.1 Å². The normalized spacial score (nSPS) is 21.8. The Bertz CT molecular complexity index is 922. The summed E-state index contributed by atoms with van der Waals surface area (Å²) in [5.74, 6) is -0.0818. The highest BCUT2D eigenvalue weighted by molar-refractivity contribution is 7.13. The standard InChI is InChI=1S/C25H35F2N3O3S/c1-17-28-15-21(33-17)14-20(31)13-19-5-3-18(4-6-19)7-10-30-11-8-22-23(9-12-30)34-24(29-22)32-16-25(2,26)27/h15,18-19H,3-14,16H2,1-2H3. The van der Waals surface area contributed by atoms with Crippen molar-refractivity contribution in [3.05, 3.63) is 28.4 Å². The predicted octanol–water partition coefficient (Wildman–Crippen LogP) is 5.27. The van der Waals surface area contributed by atoms with Gasteiger partial charge in [0, 0.05) is 44.7 Å². The topological polar surface area (TPSA) is 68.5 Å². The molecule has 0 unspecified atom stereocenters. The van der Waals surface area contributed by atoms with Gasteiger partial charge in [0.1, 0.15) is 11.5 Å². The molecule has 34 heavy (non-hydrogen) atoms. The molecule has 0 saturated heterocycles. The molecular weight excluding hydrogens is 460 g/mol. The molecule has 2 aromatic rings. The molecule has 0 amide bonds. The van der Waals surface area contributed by atoms with Crippen molar-refractivity contribution in [3.8, 4) is 5.19 Å². The van der Waals surface area contributed by atoms with E-state index < -0.39 is 12.5 Å². The van der Waals surface area contributed by atoms with Crippen molar-refractivity contribution < 1.29 is 22.7 Å². The van der Waals surface area contributed by atoms with E-state index in [1.807, 2.05) is 0 Å². The van der Waals surface area contributed by atoms with Crippen molar-refractivity contribution in [2.75, 3.05) is 26.2 Å². The van der Waals surface area contributed by atoms with E-state index >= 15 is 0 Å². The van der Waals surface area contributed by atoms with Gasteiger partial charge in [-0.15, -0.1) is 0 Å². The average Bonchev–Trinajstić information content (AvgIpc) is 3.32. The molecule has 0 radical (unpaired) electrons. The van der Waals surface area contributed by atoms with Crippen LogP contribution in [0.1, 0.15) is 67.7 Å². The van der Waals surface area contributed by atoms with Gasteiger partial charge in [-0.25, -0.2) is 18.7 Å². The van der Waals surface area contributed by atoms with Gasteiger partial charge >= 0.3 is 0 Å². The van der Waals surface area contributed by atoms with Gasteiger partial charge in [0.05, 0.1) is 18.3 Å². The summed E-state index contributed by atoms with van der Waals surface area (Å²) in [6, 6.07) is 0. The van der Waals surface area contributed by atoms with Crippen LogP contribution in [0, 0.1) is 18.8 Å². The van der Waals surface area contributed by atoms with Gasteiger partial charge in [-0.3, -0.25) is 4.79 Å². The molecule has 0 bridgehead atoms. The lowest BCUT2D eigenvalue weighted by atomic mass is 9.78. The first-order valence-corrected chi connectivity index (χ1v) is 13.2. The summed E-state index contributed by atoms with van der Waals surface area (Å²) >= 11 is 1.41. The Balaban J connectivity index is 1.13. The fourth-order valence-electron chi connectivity index (χ4n) is 5.02. The molecule has 4 rings (SSSR count). The molecule has 1 aliphatic heterocycles. The zero-order valence-corrected chi connectivity index (χ0v) is 21.0. The Morgan fingerprint density at radius 3 is 2.68 bits per heavy atom. The number of ether oxygens (including phenoxy) is 1. The second kappa shape index (κ2) is 11.2. The monoisotopic (exact) mass is 495 g/mol. The van der Waals surface area contributed by atoms with Crippen LogP contribution in [-0.4, -0.2) is 52.8 Å². The van der Waals surface area contributed by atoms with Crippen molar-refractivity contribution in [1.29, 1.82) is 0 Å². The maximum Gasteiger partial charge on any atom is 0.278 e.